The van der Waals surface area contributed by atoms with Crippen LogP contribution in [0, 0.1) is 0 Å². The highest BCUT2D eigenvalue weighted by Crippen LogP contribution is 2.29. The van der Waals surface area contributed by atoms with E-state index in [0.29, 0.717) is 16.8 Å². The average Bonchev–Trinajstić information content (AvgIpc) is 2.40. The van der Waals surface area contributed by atoms with E-state index in [1.54, 1.807) is 0 Å². The predicted molar refractivity (Wildman–Crippen MR) is 79.9 cm³/mol. The molecule has 19 heavy (non-hydrogen) atoms. The lowest BCUT2D eigenvalue weighted by Gasteiger charge is -2.11. The summed E-state index contributed by atoms with van der Waals surface area (Å²) in [5.74, 6) is 1.48. The molecule has 0 aromatic heterocycles. The van der Waals surface area contributed by atoms with E-state index in [1.165, 1.54) is 5.56 Å². The predicted octanol–water partition coefficient (Wildman–Crippen LogP) is 4.63. The van der Waals surface area contributed by atoms with Gasteiger partial charge < -0.3 is 10.1 Å². The van der Waals surface area contributed by atoms with Crippen molar-refractivity contribution in [3.8, 4) is 11.5 Å². The molecule has 100 valence electrons. The van der Waals surface area contributed by atoms with Crippen molar-refractivity contribution in [3.63, 3.8) is 0 Å². The van der Waals surface area contributed by atoms with Gasteiger partial charge >= 0.3 is 0 Å². The molecule has 0 saturated heterocycles. The zero-order valence-electron chi connectivity index (χ0n) is 11.2. The van der Waals surface area contributed by atoms with Crippen LogP contribution in [-0.4, -0.2) is 6.04 Å². The Labute approximate surface area is 119 Å². The Morgan fingerprint density at radius 2 is 1.89 bits per heavy atom. The molecule has 0 aliphatic rings. The molecule has 3 heteroatoms. The molecular weight excluding hydrogens is 258 g/mol. The van der Waals surface area contributed by atoms with Crippen LogP contribution in [0.15, 0.2) is 48.5 Å². The molecular formula is C16H18ClNO. The molecule has 0 amide bonds. The van der Waals surface area contributed by atoms with Crippen LogP contribution in [0.3, 0.4) is 0 Å². The van der Waals surface area contributed by atoms with Crippen molar-refractivity contribution in [1.82, 2.24) is 5.32 Å². The second-order valence-electron chi connectivity index (χ2n) is 4.72. The van der Waals surface area contributed by atoms with Gasteiger partial charge in [-0.1, -0.05) is 49.7 Å². The van der Waals surface area contributed by atoms with Crippen LogP contribution in [0.4, 0.5) is 0 Å². The molecule has 0 fully saturated rings. The van der Waals surface area contributed by atoms with E-state index in [1.807, 2.05) is 42.5 Å². The zero-order chi connectivity index (χ0) is 13.7. The monoisotopic (exact) mass is 275 g/mol. The Kier molecular flexibility index (Phi) is 4.83. The first-order chi connectivity index (χ1) is 9.15. The topological polar surface area (TPSA) is 21.3 Å². The van der Waals surface area contributed by atoms with Crippen molar-refractivity contribution in [1.29, 1.82) is 0 Å². The number of para-hydroxylation sites is 1. The molecule has 2 nitrogen and oxygen atoms in total. The van der Waals surface area contributed by atoms with Gasteiger partial charge in [0.1, 0.15) is 11.5 Å². The van der Waals surface area contributed by atoms with Crippen molar-refractivity contribution in [2.75, 3.05) is 0 Å². The molecule has 0 aliphatic heterocycles. The van der Waals surface area contributed by atoms with E-state index in [-0.39, 0.29) is 0 Å². The van der Waals surface area contributed by atoms with Gasteiger partial charge in [0.25, 0.3) is 0 Å². The lowest BCUT2D eigenvalue weighted by atomic mass is 10.2. The Bertz CT molecular complexity index is 540. The Morgan fingerprint density at radius 1 is 1.11 bits per heavy atom. The van der Waals surface area contributed by atoms with Gasteiger partial charge in [-0.25, -0.2) is 0 Å². The van der Waals surface area contributed by atoms with Gasteiger partial charge in [0, 0.05) is 12.6 Å². The molecule has 2 rings (SSSR count). The molecule has 0 aliphatic carbocycles. The highest BCUT2D eigenvalue weighted by Gasteiger charge is 2.03. The van der Waals surface area contributed by atoms with E-state index in [2.05, 4.69) is 25.2 Å². The lowest BCUT2D eigenvalue weighted by molar-refractivity contribution is 0.481. The van der Waals surface area contributed by atoms with Crippen LogP contribution >= 0.6 is 11.6 Å². The summed E-state index contributed by atoms with van der Waals surface area (Å²) in [4.78, 5) is 0. The van der Waals surface area contributed by atoms with Gasteiger partial charge in [0.05, 0.1) is 5.02 Å². The third-order valence-corrected chi connectivity index (χ3v) is 2.99. The molecule has 0 heterocycles. The SMILES string of the molecule is CC(C)NCc1cccc(Oc2ccccc2Cl)c1. The van der Waals surface area contributed by atoms with Gasteiger partial charge in [-0.15, -0.1) is 0 Å². The molecule has 0 unspecified atom stereocenters. The summed E-state index contributed by atoms with van der Waals surface area (Å²) >= 11 is 6.08. The van der Waals surface area contributed by atoms with Gasteiger partial charge in [-0.05, 0) is 29.8 Å². The fourth-order valence-electron chi connectivity index (χ4n) is 1.70. The van der Waals surface area contributed by atoms with E-state index < -0.39 is 0 Å². The van der Waals surface area contributed by atoms with E-state index >= 15 is 0 Å². The minimum Gasteiger partial charge on any atom is -0.456 e. The number of hydrogen-bond donors (Lipinski definition) is 1. The molecule has 0 spiro atoms. The Morgan fingerprint density at radius 3 is 2.63 bits per heavy atom. The smallest absolute Gasteiger partial charge is 0.146 e. The van der Waals surface area contributed by atoms with Crippen molar-refractivity contribution >= 4 is 11.6 Å². The summed E-state index contributed by atoms with van der Waals surface area (Å²) in [5, 5.41) is 4.00. The Hall–Kier alpha value is -1.51. The van der Waals surface area contributed by atoms with E-state index in [4.69, 9.17) is 16.3 Å². The van der Waals surface area contributed by atoms with Crippen LogP contribution in [0.25, 0.3) is 0 Å². The highest BCUT2D eigenvalue weighted by molar-refractivity contribution is 6.32. The fourth-order valence-corrected chi connectivity index (χ4v) is 1.87. The summed E-state index contributed by atoms with van der Waals surface area (Å²) in [6.45, 7) is 5.09. The largest absolute Gasteiger partial charge is 0.456 e. The van der Waals surface area contributed by atoms with Crippen molar-refractivity contribution < 1.29 is 4.74 Å². The second kappa shape index (κ2) is 6.60. The summed E-state index contributed by atoms with van der Waals surface area (Å²) in [7, 11) is 0. The van der Waals surface area contributed by atoms with Crippen molar-refractivity contribution in [3.05, 3.63) is 59.1 Å². The first-order valence-corrected chi connectivity index (χ1v) is 6.77. The van der Waals surface area contributed by atoms with Crippen molar-refractivity contribution in [2.45, 2.75) is 26.4 Å². The number of hydrogen-bond acceptors (Lipinski definition) is 2. The minimum absolute atomic E-state index is 0.466. The van der Waals surface area contributed by atoms with Crippen LogP contribution < -0.4 is 10.1 Å². The Balaban J connectivity index is 2.09. The normalized spacial score (nSPS) is 10.7. The molecule has 0 radical (unpaired) electrons. The number of rotatable bonds is 5. The van der Waals surface area contributed by atoms with Gasteiger partial charge in [-0.2, -0.15) is 0 Å². The summed E-state index contributed by atoms with van der Waals surface area (Å²) in [6.07, 6.45) is 0. The van der Waals surface area contributed by atoms with Crippen LogP contribution in [0.1, 0.15) is 19.4 Å². The lowest BCUT2D eigenvalue weighted by Crippen LogP contribution is -2.21. The number of nitrogens with one attached hydrogen (secondary N) is 1. The third kappa shape index (κ3) is 4.27. The van der Waals surface area contributed by atoms with E-state index in [0.717, 1.165) is 12.3 Å². The molecule has 0 saturated carbocycles. The maximum Gasteiger partial charge on any atom is 0.146 e. The van der Waals surface area contributed by atoms with E-state index in [9.17, 15) is 0 Å². The first-order valence-electron chi connectivity index (χ1n) is 6.40. The van der Waals surface area contributed by atoms with Crippen molar-refractivity contribution in [2.24, 2.45) is 0 Å². The number of benzene rings is 2. The molecule has 2 aromatic carbocycles. The summed E-state index contributed by atoms with van der Waals surface area (Å²) in [6, 6.07) is 16.0. The number of ether oxygens (including phenoxy) is 1. The number of halogens is 1. The molecule has 2 aromatic rings. The highest BCUT2D eigenvalue weighted by atomic mass is 35.5. The first kappa shape index (κ1) is 13.9. The maximum atomic E-state index is 6.08. The minimum atomic E-state index is 0.466. The maximum absolute atomic E-state index is 6.08. The van der Waals surface area contributed by atoms with Gasteiger partial charge in [-0.3, -0.25) is 0 Å². The quantitative estimate of drug-likeness (QED) is 0.859. The molecule has 0 bridgehead atoms. The van der Waals surface area contributed by atoms with Crippen LogP contribution in [0.5, 0.6) is 11.5 Å². The summed E-state index contributed by atoms with van der Waals surface area (Å²) < 4.78 is 5.80. The average molecular weight is 276 g/mol. The molecule has 1 N–H and O–H groups in total. The molecule has 0 atom stereocenters. The van der Waals surface area contributed by atoms with Gasteiger partial charge in [0.2, 0.25) is 0 Å². The summed E-state index contributed by atoms with van der Waals surface area (Å²) in [5.41, 5.74) is 1.19. The fraction of sp³-hybridized carbons (Fsp3) is 0.250. The third-order valence-electron chi connectivity index (χ3n) is 2.68. The standard InChI is InChI=1S/C16H18ClNO/c1-12(2)18-11-13-6-5-7-14(10-13)19-16-9-4-3-8-15(16)17/h3-10,12,18H,11H2,1-2H3. The van der Waals surface area contributed by atoms with Crippen LogP contribution in [0.2, 0.25) is 5.02 Å². The zero-order valence-corrected chi connectivity index (χ0v) is 11.9. The van der Waals surface area contributed by atoms with Gasteiger partial charge in [0.15, 0.2) is 0 Å². The van der Waals surface area contributed by atoms with Crippen LogP contribution in [-0.2, 0) is 6.54 Å². The second-order valence-corrected chi connectivity index (χ2v) is 5.12.